The lowest BCUT2D eigenvalue weighted by molar-refractivity contribution is 0.352. The van der Waals surface area contributed by atoms with Crippen molar-refractivity contribution in [2.45, 2.75) is 26.2 Å². The van der Waals surface area contributed by atoms with Crippen molar-refractivity contribution in [1.82, 2.24) is 0 Å². The molecule has 0 bridgehead atoms. The highest BCUT2D eigenvalue weighted by Gasteiger charge is 2.10. The molecule has 1 aromatic rings. The van der Waals surface area contributed by atoms with Gasteiger partial charge in [-0.15, -0.1) is 0 Å². The van der Waals surface area contributed by atoms with Crippen molar-refractivity contribution < 1.29 is 4.74 Å². The number of rotatable bonds is 4. The number of ether oxygens (including phenoxy) is 1. The van der Waals surface area contributed by atoms with Gasteiger partial charge < -0.3 is 9.64 Å². The molecule has 0 radical (unpaired) electrons. The van der Waals surface area contributed by atoms with E-state index in [0.29, 0.717) is 6.61 Å². The Hall–Kier alpha value is -1.44. The molecule has 1 saturated heterocycles. The van der Waals surface area contributed by atoms with E-state index in [1.165, 1.54) is 38.0 Å². The molecule has 92 valence electrons. The summed E-state index contributed by atoms with van der Waals surface area (Å²) in [5.41, 5.74) is 2.36. The second kappa shape index (κ2) is 5.76. The van der Waals surface area contributed by atoms with E-state index in [-0.39, 0.29) is 0 Å². The van der Waals surface area contributed by atoms with Crippen LogP contribution >= 0.6 is 0 Å². The number of benzene rings is 1. The first-order valence-electron chi connectivity index (χ1n) is 6.38. The van der Waals surface area contributed by atoms with Crippen LogP contribution in [0.5, 0.6) is 5.75 Å². The minimum Gasteiger partial charge on any atom is -0.489 e. The lowest BCUT2D eigenvalue weighted by Gasteiger charge is -2.28. The summed E-state index contributed by atoms with van der Waals surface area (Å²) in [7, 11) is 0. The molecular weight excluding hydrogens is 210 g/mol. The fourth-order valence-corrected chi connectivity index (χ4v) is 2.11. The third-order valence-corrected chi connectivity index (χ3v) is 3.04. The molecule has 0 unspecified atom stereocenters. The molecule has 17 heavy (non-hydrogen) atoms. The van der Waals surface area contributed by atoms with Crippen molar-refractivity contribution in [1.29, 1.82) is 0 Å². The lowest BCUT2D eigenvalue weighted by atomic mass is 10.1. The molecule has 0 amide bonds. The van der Waals surface area contributed by atoms with Crippen LogP contribution < -0.4 is 9.64 Å². The maximum atomic E-state index is 5.59. The van der Waals surface area contributed by atoms with E-state index in [1.54, 1.807) is 0 Å². The van der Waals surface area contributed by atoms with Gasteiger partial charge in [0.2, 0.25) is 0 Å². The van der Waals surface area contributed by atoms with Crippen molar-refractivity contribution in [3.63, 3.8) is 0 Å². The van der Waals surface area contributed by atoms with Crippen LogP contribution in [0.1, 0.15) is 26.2 Å². The van der Waals surface area contributed by atoms with Crippen LogP contribution in [-0.2, 0) is 0 Å². The molecule has 2 heteroatoms. The van der Waals surface area contributed by atoms with Crippen LogP contribution in [0.3, 0.4) is 0 Å². The van der Waals surface area contributed by atoms with E-state index in [0.717, 1.165) is 11.3 Å². The molecule has 1 heterocycles. The Morgan fingerprint density at radius 1 is 1.18 bits per heavy atom. The van der Waals surface area contributed by atoms with Gasteiger partial charge in [-0.25, -0.2) is 0 Å². The number of nitrogens with zero attached hydrogens (tertiary/aromatic N) is 1. The van der Waals surface area contributed by atoms with Gasteiger partial charge in [0, 0.05) is 18.8 Å². The average Bonchev–Trinajstić information content (AvgIpc) is 2.38. The van der Waals surface area contributed by atoms with Gasteiger partial charge in [0.1, 0.15) is 12.4 Å². The second-order valence-electron chi connectivity index (χ2n) is 4.79. The van der Waals surface area contributed by atoms with E-state index >= 15 is 0 Å². The van der Waals surface area contributed by atoms with Crippen LogP contribution in [0.15, 0.2) is 36.4 Å². The number of hydrogen-bond donors (Lipinski definition) is 0. The van der Waals surface area contributed by atoms with Gasteiger partial charge >= 0.3 is 0 Å². The molecule has 1 aliphatic rings. The molecular formula is C15H21NO. The Morgan fingerprint density at radius 2 is 1.82 bits per heavy atom. The van der Waals surface area contributed by atoms with Crippen LogP contribution in [-0.4, -0.2) is 19.7 Å². The normalized spacial score (nSPS) is 15.7. The minimum absolute atomic E-state index is 0.600. The molecule has 0 aromatic heterocycles. The summed E-state index contributed by atoms with van der Waals surface area (Å²) in [4.78, 5) is 2.45. The second-order valence-corrected chi connectivity index (χ2v) is 4.79. The topological polar surface area (TPSA) is 12.5 Å². The zero-order chi connectivity index (χ0) is 12.1. The first-order valence-corrected chi connectivity index (χ1v) is 6.38. The third-order valence-electron chi connectivity index (χ3n) is 3.04. The van der Waals surface area contributed by atoms with E-state index < -0.39 is 0 Å². The molecule has 0 saturated carbocycles. The number of piperidine rings is 1. The monoisotopic (exact) mass is 231 g/mol. The Kier molecular flexibility index (Phi) is 4.08. The zero-order valence-electron chi connectivity index (χ0n) is 10.6. The molecule has 2 nitrogen and oxygen atoms in total. The SMILES string of the molecule is C=C(C)COc1ccc(N2CCCCC2)cc1. The van der Waals surface area contributed by atoms with Crippen LogP contribution in [0, 0.1) is 0 Å². The smallest absolute Gasteiger partial charge is 0.119 e. The summed E-state index contributed by atoms with van der Waals surface area (Å²) in [6.07, 6.45) is 4.00. The highest BCUT2D eigenvalue weighted by Crippen LogP contribution is 2.22. The van der Waals surface area contributed by atoms with Crippen molar-refractivity contribution in [2.24, 2.45) is 0 Å². The van der Waals surface area contributed by atoms with Gasteiger partial charge in [-0.05, 0) is 56.0 Å². The van der Waals surface area contributed by atoms with E-state index in [4.69, 9.17) is 4.74 Å². The molecule has 0 aliphatic carbocycles. The Morgan fingerprint density at radius 3 is 2.41 bits per heavy atom. The maximum absolute atomic E-state index is 5.59. The van der Waals surface area contributed by atoms with E-state index in [9.17, 15) is 0 Å². The van der Waals surface area contributed by atoms with Gasteiger partial charge in [-0.3, -0.25) is 0 Å². The summed E-state index contributed by atoms with van der Waals surface area (Å²) in [5.74, 6) is 0.925. The van der Waals surface area contributed by atoms with Crippen LogP contribution in [0.4, 0.5) is 5.69 Å². The summed E-state index contributed by atoms with van der Waals surface area (Å²) < 4.78 is 5.59. The summed E-state index contributed by atoms with van der Waals surface area (Å²) >= 11 is 0. The Balaban J connectivity index is 1.94. The van der Waals surface area contributed by atoms with Gasteiger partial charge in [0.05, 0.1) is 0 Å². The molecule has 2 rings (SSSR count). The lowest BCUT2D eigenvalue weighted by Crippen LogP contribution is -2.29. The van der Waals surface area contributed by atoms with Crippen molar-refractivity contribution in [2.75, 3.05) is 24.6 Å². The molecule has 0 N–H and O–H groups in total. The van der Waals surface area contributed by atoms with Crippen molar-refractivity contribution in [3.05, 3.63) is 36.4 Å². The molecule has 1 fully saturated rings. The van der Waals surface area contributed by atoms with Gasteiger partial charge in [0.25, 0.3) is 0 Å². The molecule has 1 aromatic carbocycles. The van der Waals surface area contributed by atoms with Crippen LogP contribution in [0.25, 0.3) is 0 Å². The Bertz CT molecular complexity index is 363. The summed E-state index contributed by atoms with van der Waals surface area (Å²) in [6.45, 7) is 8.78. The minimum atomic E-state index is 0.600. The summed E-state index contributed by atoms with van der Waals surface area (Å²) in [6, 6.07) is 8.40. The van der Waals surface area contributed by atoms with E-state index in [1.807, 2.05) is 19.1 Å². The van der Waals surface area contributed by atoms with Gasteiger partial charge in [0.15, 0.2) is 0 Å². The maximum Gasteiger partial charge on any atom is 0.119 e. The number of anilines is 1. The predicted molar refractivity (Wildman–Crippen MR) is 72.8 cm³/mol. The average molecular weight is 231 g/mol. The Labute approximate surface area is 104 Å². The standard InChI is InChI=1S/C15H21NO/c1-13(2)12-17-15-8-6-14(7-9-15)16-10-4-3-5-11-16/h6-9H,1,3-5,10-12H2,2H3. The fourth-order valence-electron chi connectivity index (χ4n) is 2.11. The molecule has 1 aliphatic heterocycles. The highest BCUT2D eigenvalue weighted by atomic mass is 16.5. The fraction of sp³-hybridized carbons (Fsp3) is 0.467. The largest absolute Gasteiger partial charge is 0.489 e. The quantitative estimate of drug-likeness (QED) is 0.734. The first-order chi connectivity index (χ1) is 8.25. The summed E-state index contributed by atoms with van der Waals surface area (Å²) in [5, 5.41) is 0. The van der Waals surface area contributed by atoms with Gasteiger partial charge in [-0.1, -0.05) is 6.58 Å². The molecule has 0 atom stereocenters. The van der Waals surface area contributed by atoms with Crippen molar-refractivity contribution in [3.8, 4) is 5.75 Å². The number of hydrogen-bond acceptors (Lipinski definition) is 2. The molecule has 0 spiro atoms. The van der Waals surface area contributed by atoms with Gasteiger partial charge in [-0.2, -0.15) is 0 Å². The van der Waals surface area contributed by atoms with Crippen molar-refractivity contribution >= 4 is 5.69 Å². The van der Waals surface area contributed by atoms with E-state index in [2.05, 4.69) is 23.6 Å². The predicted octanol–water partition coefficient (Wildman–Crippen LogP) is 3.63. The highest BCUT2D eigenvalue weighted by molar-refractivity contribution is 5.49. The van der Waals surface area contributed by atoms with Crippen LogP contribution in [0.2, 0.25) is 0 Å². The zero-order valence-corrected chi connectivity index (χ0v) is 10.6. The first kappa shape index (κ1) is 12.0. The third kappa shape index (κ3) is 3.52.